The van der Waals surface area contributed by atoms with Crippen molar-refractivity contribution in [1.29, 1.82) is 0 Å². The van der Waals surface area contributed by atoms with Crippen LogP contribution in [0.2, 0.25) is 0 Å². The van der Waals surface area contributed by atoms with Gasteiger partial charge in [0.25, 0.3) is 0 Å². The molecule has 2 atom stereocenters. The summed E-state index contributed by atoms with van der Waals surface area (Å²) in [6.07, 6.45) is 0.0520. The van der Waals surface area contributed by atoms with Gasteiger partial charge in [-0.1, -0.05) is 44.0 Å². The van der Waals surface area contributed by atoms with Crippen molar-refractivity contribution in [3.8, 4) is 11.8 Å². The summed E-state index contributed by atoms with van der Waals surface area (Å²) in [4.78, 5) is 19.4. The molecule has 1 fully saturated rings. The number of hydrogen-bond acceptors (Lipinski definition) is 4. The Morgan fingerprint density at radius 2 is 2.20 bits per heavy atom. The van der Waals surface area contributed by atoms with Gasteiger partial charge in [-0.2, -0.15) is 0 Å². The van der Waals surface area contributed by atoms with Crippen LogP contribution in [0.5, 0.6) is 0 Å². The molecule has 5 nitrogen and oxygen atoms in total. The number of oxime groups is 1. The van der Waals surface area contributed by atoms with E-state index in [-0.39, 0.29) is 17.4 Å². The zero-order valence-electron chi connectivity index (χ0n) is 15.2. The fourth-order valence-electron chi connectivity index (χ4n) is 2.88. The molecule has 0 aromatic heterocycles. The molecule has 0 saturated carbocycles. The fraction of sp³-hybridized carbons (Fsp3) is 0.500. The minimum absolute atomic E-state index is 0.0273. The molecule has 132 valence electrons. The van der Waals surface area contributed by atoms with Crippen molar-refractivity contribution in [2.45, 2.75) is 40.3 Å². The van der Waals surface area contributed by atoms with E-state index in [9.17, 15) is 4.79 Å². The quantitative estimate of drug-likeness (QED) is 0.735. The maximum absolute atomic E-state index is 12.3. The molecule has 5 heteroatoms. The maximum atomic E-state index is 12.3. The highest BCUT2D eigenvalue weighted by atomic mass is 16.7. The summed E-state index contributed by atoms with van der Waals surface area (Å²) in [5.41, 5.74) is 2.76. The number of carbonyl (C=O) groups excluding carboxylic acids is 1. The molecule has 1 aromatic rings. The van der Waals surface area contributed by atoms with Crippen molar-refractivity contribution >= 4 is 11.8 Å². The number of aryl methyl sites for hydroxylation is 1. The first-order valence-corrected chi connectivity index (χ1v) is 8.59. The van der Waals surface area contributed by atoms with Gasteiger partial charge in [0.05, 0.1) is 12.5 Å². The van der Waals surface area contributed by atoms with Gasteiger partial charge in [0.15, 0.2) is 0 Å². The largest absolute Gasteiger partial charge is 0.449 e. The Balaban J connectivity index is 1.63. The molecule has 0 radical (unpaired) electrons. The molecule has 1 aromatic carbocycles. The van der Waals surface area contributed by atoms with E-state index >= 15 is 0 Å². The molecule has 0 spiro atoms. The summed E-state index contributed by atoms with van der Waals surface area (Å²) in [5, 5.41) is 4.09. The molecule has 0 bridgehead atoms. The lowest BCUT2D eigenvalue weighted by Crippen LogP contribution is -2.39. The Morgan fingerprint density at radius 1 is 1.40 bits per heavy atom. The summed E-state index contributed by atoms with van der Waals surface area (Å²) >= 11 is 0. The number of carbonyl (C=O) groups is 1. The number of nitrogens with zero attached hydrogens (tertiary/aromatic N) is 2. The van der Waals surface area contributed by atoms with Crippen LogP contribution in [0.15, 0.2) is 29.4 Å². The van der Waals surface area contributed by atoms with Gasteiger partial charge < -0.3 is 9.57 Å². The Kier molecular flexibility index (Phi) is 4.71. The number of fused-ring (bicyclic) bond motifs is 1. The van der Waals surface area contributed by atoms with Crippen molar-refractivity contribution in [2.75, 3.05) is 13.2 Å². The summed E-state index contributed by atoms with van der Waals surface area (Å²) in [5.74, 6) is 6.27. The van der Waals surface area contributed by atoms with Gasteiger partial charge in [0.1, 0.15) is 5.71 Å². The zero-order chi connectivity index (χ0) is 18.0. The Labute approximate surface area is 149 Å². The van der Waals surface area contributed by atoms with Crippen LogP contribution in [-0.4, -0.2) is 36.1 Å². The second-order valence-electron chi connectivity index (χ2n) is 7.80. The lowest BCUT2D eigenvalue weighted by atomic mass is 9.99. The standard InChI is InChI=1S/C20H24N2O3/c1-14-6-5-7-15(12-14)8-9-17-16-10-11-22(18(16)25-21-17)19(23)24-13-20(2,3)4/h5-7,12,16,18H,10-11,13H2,1-4H3. The van der Waals surface area contributed by atoms with Gasteiger partial charge >= 0.3 is 6.09 Å². The van der Waals surface area contributed by atoms with Gasteiger partial charge in [-0.25, -0.2) is 4.79 Å². The normalized spacial score (nSPS) is 21.8. The molecule has 0 N–H and O–H groups in total. The lowest BCUT2D eigenvalue weighted by molar-refractivity contribution is -0.0296. The third-order valence-corrected chi connectivity index (χ3v) is 4.16. The zero-order valence-corrected chi connectivity index (χ0v) is 15.2. The number of benzene rings is 1. The number of hydrogen-bond donors (Lipinski definition) is 0. The molecule has 2 aliphatic rings. The van der Waals surface area contributed by atoms with Gasteiger partial charge in [0, 0.05) is 12.1 Å². The van der Waals surface area contributed by atoms with E-state index in [0.29, 0.717) is 18.9 Å². The Hall–Kier alpha value is -2.48. The lowest BCUT2D eigenvalue weighted by Gasteiger charge is -2.24. The third kappa shape index (κ3) is 4.14. The van der Waals surface area contributed by atoms with E-state index < -0.39 is 6.23 Å². The highest BCUT2D eigenvalue weighted by molar-refractivity contribution is 6.03. The van der Waals surface area contributed by atoms with Crippen LogP contribution >= 0.6 is 0 Å². The van der Waals surface area contributed by atoms with E-state index in [1.54, 1.807) is 4.90 Å². The predicted octanol–water partition coefficient (Wildman–Crippen LogP) is 3.56. The molecular weight excluding hydrogens is 316 g/mol. The minimum atomic E-state index is -0.394. The first-order valence-electron chi connectivity index (χ1n) is 8.59. The molecule has 1 saturated heterocycles. The highest BCUT2D eigenvalue weighted by Crippen LogP contribution is 2.32. The fourth-order valence-corrected chi connectivity index (χ4v) is 2.88. The summed E-state index contributed by atoms with van der Waals surface area (Å²) in [6, 6.07) is 8.03. The Bertz CT molecular complexity index is 752. The van der Waals surface area contributed by atoms with E-state index in [0.717, 1.165) is 12.0 Å². The van der Waals surface area contributed by atoms with E-state index in [1.807, 2.05) is 52.0 Å². The number of amides is 1. The average molecular weight is 340 g/mol. The van der Waals surface area contributed by atoms with Crippen LogP contribution in [0.25, 0.3) is 0 Å². The van der Waals surface area contributed by atoms with Crippen LogP contribution in [-0.2, 0) is 9.57 Å². The molecule has 1 amide bonds. The van der Waals surface area contributed by atoms with Crippen molar-refractivity contribution in [3.63, 3.8) is 0 Å². The highest BCUT2D eigenvalue weighted by Gasteiger charge is 2.46. The van der Waals surface area contributed by atoms with Crippen LogP contribution in [0.1, 0.15) is 38.3 Å². The number of ether oxygens (including phenoxy) is 1. The van der Waals surface area contributed by atoms with E-state index in [4.69, 9.17) is 9.57 Å². The SMILES string of the molecule is Cc1cccc(C#CC2=NOC3C2CCN3C(=O)OCC(C)(C)C)c1. The smallest absolute Gasteiger partial charge is 0.412 e. The van der Waals surface area contributed by atoms with E-state index in [1.165, 1.54) is 5.56 Å². The third-order valence-electron chi connectivity index (χ3n) is 4.16. The van der Waals surface area contributed by atoms with Crippen LogP contribution in [0, 0.1) is 30.1 Å². The van der Waals surface area contributed by atoms with Gasteiger partial charge in [-0.05, 0) is 42.4 Å². The number of likely N-dealkylation sites (tertiary alicyclic amines) is 1. The second kappa shape index (κ2) is 6.79. The van der Waals surface area contributed by atoms with Crippen LogP contribution in [0.3, 0.4) is 0 Å². The molecule has 2 aliphatic heterocycles. The van der Waals surface area contributed by atoms with Crippen molar-refractivity contribution in [3.05, 3.63) is 35.4 Å². The summed E-state index contributed by atoms with van der Waals surface area (Å²) in [6.45, 7) is 9.10. The molecule has 2 heterocycles. The Morgan fingerprint density at radius 3 is 2.92 bits per heavy atom. The van der Waals surface area contributed by atoms with E-state index in [2.05, 4.69) is 17.0 Å². The molecule has 2 unspecified atom stereocenters. The molecule has 3 rings (SSSR count). The molecular formula is C20H24N2O3. The predicted molar refractivity (Wildman–Crippen MR) is 96.0 cm³/mol. The molecule has 0 aliphatic carbocycles. The summed E-state index contributed by atoms with van der Waals surface area (Å²) < 4.78 is 5.40. The molecule has 25 heavy (non-hydrogen) atoms. The van der Waals surface area contributed by atoms with Crippen LogP contribution < -0.4 is 0 Å². The number of rotatable bonds is 1. The monoisotopic (exact) mass is 340 g/mol. The van der Waals surface area contributed by atoms with Crippen molar-refractivity contribution in [1.82, 2.24) is 4.90 Å². The van der Waals surface area contributed by atoms with Crippen molar-refractivity contribution < 1.29 is 14.4 Å². The van der Waals surface area contributed by atoms with Gasteiger partial charge in [0.2, 0.25) is 6.23 Å². The first kappa shape index (κ1) is 17.3. The maximum Gasteiger partial charge on any atom is 0.412 e. The topological polar surface area (TPSA) is 51.1 Å². The van der Waals surface area contributed by atoms with Crippen LogP contribution in [0.4, 0.5) is 4.79 Å². The first-order chi connectivity index (χ1) is 11.8. The van der Waals surface area contributed by atoms with Crippen molar-refractivity contribution in [2.24, 2.45) is 16.5 Å². The second-order valence-corrected chi connectivity index (χ2v) is 7.80. The minimum Gasteiger partial charge on any atom is -0.449 e. The summed E-state index contributed by atoms with van der Waals surface area (Å²) in [7, 11) is 0. The van der Waals surface area contributed by atoms with Gasteiger partial charge in [-0.15, -0.1) is 0 Å². The average Bonchev–Trinajstić information content (AvgIpc) is 3.12. The van der Waals surface area contributed by atoms with Gasteiger partial charge in [-0.3, -0.25) is 4.90 Å².